The van der Waals surface area contributed by atoms with Crippen molar-refractivity contribution in [3.05, 3.63) is 30.9 Å². The fourth-order valence-corrected chi connectivity index (χ4v) is 0.922. The molecule has 0 aliphatic rings. The van der Waals surface area contributed by atoms with Crippen LogP contribution in [0.3, 0.4) is 0 Å². The van der Waals surface area contributed by atoms with Crippen LogP contribution in [0.1, 0.15) is 6.42 Å². The maximum Gasteiger partial charge on any atom is 0.0948 e. The van der Waals surface area contributed by atoms with E-state index in [1.165, 1.54) is 0 Å². The van der Waals surface area contributed by atoms with Crippen LogP contribution in [0.2, 0.25) is 0 Å². The molecule has 0 unspecified atom stereocenters. The van der Waals surface area contributed by atoms with Crippen LogP contribution in [0.15, 0.2) is 30.9 Å². The predicted molar refractivity (Wildman–Crippen MR) is 45.0 cm³/mol. The summed E-state index contributed by atoms with van der Waals surface area (Å²) in [4.78, 5) is 3.93. The monoisotopic (exact) mass is 151 g/mol. The van der Waals surface area contributed by atoms with E-state index in [1.807, 2.05) is 10.8 Å². The third-order valence-corrected chi connectivity index (χ3v) is 1.46. The van der Waals surface area contributed by atoms with Crippen molar-refractivity contribution in [3.8, 4) is 0 Å². The van der Waals surface area contributed by atoms with Crippen molar-refractivity contribution in [1.29, 1.82) is 0 Å². The van der Waals surface area contributed by atoms with Gasteiger partial charge in [0.25, 0.3) is 0 Å². The molecule has 2 N–H and O–H groups in total. The Labute approximate surface area is 66.5 Å². The number of rotatable bonds is 4. The molecule has 0 spiro atoms. The Kier molecular flexibility index (Phi) is 2.86. The quantitative estimate of drug-likeness (QED) is 0.646. The van der Waals surface area contributed by atoms with Crippen LogP contribution in [-0.2, 0) is 6.54 Å². The number of nitrogens with zero attached hydrogens (tertiary/aromatic N) is 2. The summed E-state index contributed by atoms with van der Waals surface area (Å²) in [6.45, 7) is 5.40. The molecule has 0 radical (unpaired) electrons. The van der Waals surface area contributed by atoms with Crippen molar-refractivity contribution in [2.24, 2.45) is 5.73 Å². The summed E-state index contributed by atoms with van der Waals surface area (Å²) in [6.07, 6.45) is 6.34. The van der Waals surface area contributed by atoms with E-state index in [-0.39, 0.29) is 0 Å². The average Bonchev–Trinajstić information content (AvgIpc) is 2.40. The minimum atomic E-state index is 0.674. The van der Waals surface area contributed by atoms with Gasteiger partial charge in [0, 0.05) is 18.9 Å². The highest BCUT2D eigenvalue weighted by atomic mass is 15.0. The lowest BCUT2D eigenvalue weighted by molar-refractivity contribution is 0.744. The molecule has 1 aromatic rings. The van der Waals surface area contributed by atoms with Crippen LogP contribution in [0, 0.1) is 0 Å². The molecule has 0 aliphatic carbocycles. The van der Waals surface area contributed by atoms with Crippen LogP contribution in [0.5, 0.6) is 0 Å². The fourth-order valence-electron chi connectivity index (χ4n) is 0.922. The smallest absolute Gasteiger partial charge is 0.0948 e. The van der Waals surface area contributed by atoms with Gasteiger partial charge in [-0.25, -0.2) is 4.98 Å². The first-order valence-corrected chi connectivity index (χ1v) is 3.65. The third-order valence-electron chi connectivity index (χ3n) is 1.46. The van der Waals surface area contributed by atoms with Gasteiger partial charge in [0.2, 0.25) is 0 Å². The predicted octanol–water partition coefficient (Wildman–Crippen LogP) is 0.788. The summed E-state index contributed by atoms with van der Waals surface area (Å²) in [5.74, 6) is 0. The Morgan fingerprint density at radius 1 is 1.64 bits per heavy atom. The van der Waals surface area contributed by atoms with Gasteiger partial charge in [0.15, 0.2) is 0 Å². The van der Waals surface area contributed by atoms with Gasteiger partial charge < -0.3 is 10.3 Å². The first kappa shape index (κ1) is 8.01. The van der Waals surface area contributed by atoms with Crippen LogP contribution >= 0.6 is 0 Å². The molecule has 3 nitrogen and oxygen atoms in total. The topological polar surface area (TPSA) is 43.8 Å². The van der Waals surface area contributed by atoms with E-state index < -0.39 is 0 Å². The van der Waals surface area contributed by atoms with Gasteiger partial charge in [0.1, 0.15) is 0 Å². The number of hydrogen-bond donors (Lipinski definition) is 1. The van der Waals surface area contributed by atoms with E-state index >= 15 is 0 Å². The summed E-state index contributed by atoms with van der Waals surface area (Å²) in [7, 11) is 0. The Balaban J connectivity index is 2.37. The molecule has 1 heterocycles. The van der Waals surface area contributed by atoms with Gasteiger partial charge in [0.05, 0.1) is 6.33 Å². The minimum absolute atomic E-state index is 0.674. The van der Waals surface area contributed by atoms with E-state index in [1.54, 1.807) is 12.5 Å². The Morgan fingerprint density at radius 2 is 2.45 bits per heavy atom. The van der Waals surface area contributed by atoms with Gasteiger partial charge in [-0.05, 0) is 13.0 Å². The second-order valence-electron chi connectivity index (χ2n) is 2.52. The van der Waals surface area contributed by atoms with Crippen molar-refractivity contribution in [2.45, 2.75) is 13.0 Å². The fraction of sp³-hybridized carbons (Fsp3) is 0.375. The molecule has 1 rings (SSSR count). The molecule has 11 heavy (non-hydrogen) atoms. The zero-order chi connectivity index (χ0) is 8.10. The van der Waals surface area contributed by atoms with Crippen LogP contribution in [0.4, 0.5) is 0 Å². The van der Waals surface area contributed by atoms with Gasteiger partial charge in [-0.3, -0.25) is 0 Å². The molecule has 1 aromatic heterocycles. The molecule has 0 aliphatic heterocycles. The molecule has 0 fully saturated rings. The largest absolute Gasteiger partial charge is 0.333 e. The number of nitrogens with two attached hydrogens (primary N) is 1. The lowest BCUT2D eigenvalue weighted by Gasteiger charge is -2.03. The van der Waals surface area contributed by atoms with Gasteiger partial charge in [-0.1, -0.05) is 12.2 Å². The van der Waals surface area contributed by atoms with Crippen LogP contribution in [0.25, 0.3) is 0 Å². The molecule has 0 aromatic carbocycles. The molecule has 3 heteroatoms. The lowest BCUT2D eigenvalue weighted by atomic mass is 10.2. The maximum absolute atomic E-state index is 5.37. The Hall–Kier alpha value is -1.09. The Bertz CT molecular complexity index is 213. The van der Waals surface area contributed by atoms with E-state index in [9.17, 15) is 0 Å². The standard InChI is InChI=1S/C8H13N3/c1-8(2-3-9)6-11-5-4-10-7-11/h4-5,7H,1-3,6,9H2. The summed E-state index contributed by atoms with van der Waals surface area (Å²) < 4.78 is 1.98. The highest BCUT2D eigenvalue weighted by Crippen LogP contribution is 1.99. The van der Waals surface area contributed by atoms with Crippen molar-refractivity contribution in [2.75, 3.05) is 6.54 Å². The number of hydrogen-bond acceptors (Lipinski definition) is 2. The van der Waals surface area contributed by atoms with Crippen molar-refractivity contribution >= 4 is 0 Å². The molecule has 0 saturated heterocycles. The first-order valence-electron chi connectivity index (χ1n) is 3.65. The third kappa shape index (κ3) is 2.55. The first-order chi connectivity index (χ1) is 5.33. The summed E-state index contributed by atoms with van der Waals surface area (Å²) in [5.41, 5.74) is 6.52. The normalized spacial score (nSPS) is 9.91. The molecule has 0 bridgehead atoms. The molecular formula is C8H13N3. The summed E-state index contributed by atoms with van der Waals surface area (Å²) >= 11 is 0. The van der Waals surface area contributed by atoms with E-state index in [2.05, 4.69) is 11.6 Å². The lowest BCUT2D eigenvalue weighted by Crippen LogP contribution is -2.04. The minimum Gasteiger partial charge on any atom is -0.333 e. The zero-order valence-electron chi connectivity index (χ0n) is 6.53. The highest BCUT2D eigenvalue weighted by molar-refractivity contribution is 4.95. The molecular weight excluding hydrogens is 138 g/mol. The summed E-state index contributed by atoms with van der Waals surface area (Å²) in [6, 6.07) is 0. The SMILES string of the molecule is C=C(CCN)Cn1ccnc1. The highest BCUT2D eigenvalue weighted by Gasteiger charge is 1.93. The average molecular weight is 151 g/mol. The van der Waals surface area contributed by atoms with Crippen molar-refractivity contribution in [3.63, 3.8) is 0 Å². The molecule has 0 saturated carbocycles. The van der Waals surface area contributed by atoms with Gasteiger partial charge in [-0.2, -0.15) is 0 Å². The second-order valence-corrected chi connectivity index (χ2v) is 2.52. The molecule has 60 valence electrons. The van der Waals surface area contributed by atoms with E-state index in [0.717, 1.165) is 18.5 Å². The van der Waals surface area contributed by atoms with Crippen LogP contribution < -0.4 is 5.73 Å². The zero-order valence-corrected chi connectivity index (χ0v) is 6.53. The van der Waals surface area contributed by atoms with Crippen LogP contribution in [-0.4, -0.2) is 16.1 Å². The van der Waals surface area contributed by atoms with Gasteiger partial charge in [-0.15, -0.1) is 0 Å². The maximum atomic E-state index is 5.37. The van der Waals surface area contributed by atoms with E-state index in [0.29, 0.717) is 6.54 Å². The number of imidazole rings is 1. The Morgan fingerprint density at radius 3 is 3.00 bits per heavy atom. The van der Waals surface area contributed by atoms with Gasteiger partial charge >= 0.3 is 0 Å². The van der Waals surface area contributed by atoms with Crippen molar-refractivity contribution in [1.82, 2.24) is 9.55 Å². The van der Waals surface area contributed by atoms with Crippen molar-refractivity contribution < 1.29 is 0 Å². The van der Waals surface area contributed by atoms with E-state index in [4.69, 9.17) is 5.73 Å². The summed E-state index contributed by atoms with van der Waals surface area (Å²) in [5, 5.41) is 0. The second kappa shape index (κ2) is 3.93. The molecule has 0 atom stereocenters. The molecule has 0 amide bonds. The number of aromatic nitrogens is 2.